The molecule has 6 heteroatoms. The molecule has 1 aromatic rings. The summed E-state index contributed by atoms with van der Waals surface area (Å²) in [5, 5.41) is 0.296. The van der Waals surface area contributed by atoms with Gasteiger partial charge in [0.1, 0.15) is 12.7 Å². The lowest BCUT2D eigenvalue weighted by Gasteiger charge is -2.41. The molecule has 0 bridgehead atoms. The van der Waals surface area contributed by atoms with Gasteiger partial charge in [0.05, 0.1) is 13.7 Å². The maximum Gasteiger partial charge on any atom is 0.192 e. The zero-order valence-electron chi connectivity index (χ0n) is 19.9. The summed E-state index contributed by atoms with van der Waals surface area (Å²) in [6.07, 6.45) is -0.111. The van der Waals surface area contributed by atoms with Crippen molar-refractivity contribution in [2.75, 3.05) is 20.3 Å². The van der Waals surface area contributed by atoms with Crippen LogP contribution in [0.2, 0.25) is 36.3 Å². The van der Waals surface area contributed by atoms with Gasteiger partial charge < -0.3 is 18.3 Å². The molecule has 0 amide bonds. The summed E-state index contributed by atoms with van der Waals surface area (Å²) in [5.41, 5.74) is 0. The van der Waals surface area contributed by atoms with E-state index < -0.39 is 16.6 Å². The quantitative estimate of drug-likeness (QED) is 0.423. The lowest BCUT2D eigenvalue weighted by Crippen LogP contribution is -2.49. The highest BCUT2D eigenvalue weighted by Gasteiger charge is 2.41. The molecule has 0 fully saturated rings. The van der Waals surface area contributed by atoms with E-state index >= 15 is 0 Å². The van der Waals surface area contributed by atoms with E-state index in [1.165, 1.54) is 0 Å². The molecule has 28 heavy (non-hydrogen) atoms. The van der Waals surface area contributed by atoms with Crippen molar-refractivity contribution < 1.29 is 18.3 Å². The highest BCUT2D eigenvalue weighted by Crippen LogP contribution is 2.39. The van der Waals surface area contributed by atoms with Gasteiger partial charge in [-0.15, -0.1) is 0 Å². The van der Waals surface area contributed by atoms with Crippen LogP contribution >= 0.6 is 0 Å². The van der Waals surface area contributed by atoms with Crippen molar-refractivity contribution >= 4 is 16.6 Å². The maximum atomic E-state index is 6.68. The van der Waals surface area contributed by atoms with Crippen molar-refractivity contribution in [2.24, 2.45) is 0 Å². The SMILES string of the molecule is COc1ccccc1OCC(CO[Si](C)(C)C(C)(C)C)O[Si](C)(C)C(C)(C)C. The van der Waals surface area contributed by atoms with Crippen molar-refractivity contribution in [1.29, 1.82) is 0 Å². The molecule has 0 heterocycles. The van der Waals surface area contributed by atoms with Crippen LogP contribution in [0.15, 0.2) is 24.3 Å². The average molecular weight is 427 g/mol. The van der Waals surface area contributed by atoms with Crippen LogP contribution in [-0.2, 0) is 8.85 Å². The Balaban J connectivity index is 2.94. The minimum atomic E-state index is -1.95. The molecule has 162 valence electrons. The molecular formula is C22H42O4Si2. The molecule has 0 saturated heterocycles. The first-order valence-corrected chi connectivity index (χ1v) is 16.0. The lowest BCUT2D eigenvalue weighted by atomic mass is 10.2. The second-order valence-corrected chi connectivity index (χ2v) is 20.1. The molecule has 0 aliphatic rings. The van der Waals surface area contributed by atoms with Crippen molar-refractivity contribution in [3.63, 3.8) is 0 Å². The number of benzene rings is 1. The summed E-state index contributed by atoms with van der Waals surface area (Å²) < 4.78 is 24.7. The van der Waals surface area contributed by atoms with Crippen LogP contribution in [0.25, 0.3) is 0 Å². The van der Waals surface area contributed by atoms with E-state index in [4.69, 9.17) is 18.3 Å². The van der Waals surface area contributed by atoms with E-state index in [9.17, 15) is 0 Å². The first-order chi connectivity index (χ1) is 12.6. The van der Waals surface area contributed by atoms with E-state index in [2.05, 4.69) is 67.7 Å². The standard InChI is InChI=1S/C22H42O4Si2/c1-21(2,3)27(8,9)25-17-18(26-28(10,11)22(4,5)6)16-24-20-15-13-12-14-19(20)23-7/h12-15,18H,16-17H2,1-11H3. The van der Waals surface area contributed by atoms with Gasteiger partial charge in [0.25, 0.3) is 0 Å². The van der Waals surface area contributed by atoms with E-state index in [0.29, 0.717) is 13.2 Å². The molecule has 0 radical (unpaired) electrons. The van der Waals surface area contributed by atoms with Crippen molar-refractivity contribution in [3.8, 4) is 11.5 Å². The monoisotopic (exact) mass is 426 g/mol. The summed E-state index contributed by atoms with van der Waals surface area (Å²) in [6, 6.07) is 7.73. The summed E-state index contributed by atoms with van der Waals surface area (Å²) in [7, 11) is -2.15. The number of hydrogen-bond donors (Lipinski definition) is 0. The van der Waals surface area contributed by atoms with Crippen LogP contribution in [-0.4, -0.2) is 43.1 Å². The fourth-order valence-electron chi connectivity index (χ4n) is 2.15. The van der Waals surface area contributed by atoms with Crippen molar-refractivity contribution in [3.05, 3.63) is 24.3 Å². The summed E-state index contributed by atoms with van der Waals surface area (Å²) in [6.45, 7) is 23.6. The number of hydrogen-bond acceptors (Lipinski definition) is 4. The number of para-hydroxylation sites is 2. The first kappa shape index (κ1) is 25.2. The highest BCUT2D eigenvalue weighted by molar-refractivity contribution is 6.74. The summed E-state index contributed by atoms with van der Waals surface area (Å²) in [5.74, 6) is 1.47. The summed E-state index contributed by atoms with van der Waals surface area (Å²) >= 11 is 0. The van der Waals surface area contributed by atoms with Gasteiger partial charge >= 0.3 is 0 Å². The molecule has 0 saturated carbocycles. The molecular weight excluding hydrogens is 384 g/mol. The Morgan fingerprint density at radius 1 is 0.786 bits per heavy atom. The number of methoxy groups -OCH3 is 1. The van der Waals surface area contributed by atoms with Crippen molar-refractivity contribution in [2.45, 2.75) is 83.9 Å². The Morgan fingerprint density at radius 2 is 1.29 bits per heavy atom. The van der Waals surface area contributed by atoms with Crippen molar-refractivity contribution in [1.82, 2.24) is 0 Å². The maximum absolute atomic E-state index is 6.68. The molecule has 0 aromatic heterocycles. The van der Waals surface area contributed by atoms with Crippen LogP contribution in [0.1, 0.15) is 41.5 Å². The summed E-state index contributed by atoms with van der Waals surface area (Å²) in [4.78, 5) is 0. The van der Waals surface area contributed by atoms with E-state index in [1.807, 2.05) is 24.3 Å². The molecule has 0 aliphatic heterocycles. The smallest absolute Gasteiger partial charge is 0.192 e. The third-order valence-electron chi connectivity index (χ3n) is 6.20. The lowest BCUT2D eigenvalue weighted by molar-refractivity contribution is 0.0644. The molecule has 4 nitrogen and oxygen atoms in total. The fourth-order valence-corrected chi connectivity index (χ4v) is 4.51. The first-order valence-electron chi connectivity index (χ1n) is 10.2. The van der Waals surface area contributed by atoms with Gasteiger partial charge in [-0.2, -0.15) is 0 Å². The third-order valence-corrected chi connectivity index (χ3v) is 15.2. The molecule has 1 atom stereocenters. The molecule has 1 unspecified atom stereocenters. The Labute approximate surface area is 175 Å². The molecule has 0 aliphatic carbocycles. The van der Waals surface area contributed by atoms with Crippen LogP contribution in [0.4, 0.5) is 0 Å². The van der Waals surface area contributed by atoms with Crippen LogP contribution < -0.4 is 9.47 Å². The molecule has 0 spiro atoms. The van der Waals surface area contributed by atoms with Gasteiger partial charge in [-0.25, -0.2) is 0 Å². The minimum Gasteiger partial charge on any atom is -0.493 e. The predicted molar refractivity (Wildman–Crippen MR) is 124 cm³/mol. The van der Waals surface area contributed by atoms with E-state index in [0.717, 1.165) is 11.5 Å². The van der Waals surface area contributed by atoms with Gasteiger partial charge in [0.15, 0.2) is 28.1 Å². The Bertz CT molecular complexity index is 616. The topological polar surface area (TPSA) is 36.9 Å². The highest BCUT2D eigenvalue weighted by atomic mass is 28.4. The molecule has 1 aromatic carbocycles. The predicted octanol–water partition coefficient (Wildman–Crippen LogP) is 6.49. The normalized spacial score (nSPS) is 14.7. The largest absolute Gasteiger partial charge is 0.493 e. The van der Waals surface area contributed by atoms with Gasteiger partial charge in [0, 0.05) is 0 Å². The van der Waals surface area contributed by atoms with Crippen LogP contribution in [0.3, 0.4) is 0 Å². The Kier molecular flexibility index (Phi) is 8.40. The molecule has 1 rings (SSSR count). The van der Waals surface area contributed by atoms with Crippen LogP contribution in [0.5, 0.6) is 11.5 Å². The van der Waals surface area contributed by atoms with E-state index in [1.54, 1.807) is 7.11 Å². The number of rotatable bonds is 9. The average Bonchev–Trinajstić information content (AvgIpc) is 2.55. The second-order valence-electron chi connectivity index (χ2n) is 10.5. The zero-order chi connectivity index (χ0) is 21.8. The van der Waals surface area contributed by atoms with Gasteiger partial charge in [-0.05, 0) is 48.4 Å². The number of ether oxygens (including phenoxy) is 2. The Hall–Kier alpha value is -0.826. The zero-order valence-corrected chi connectivity index (χ0v) is 21.9. The molecule has 0 N–H and O–H groups in total. The van der Waals surface area contributed by atoms with Gasteiger partial charge in [0.2, 0.25) is 0 Å². The van der Waals surface area contributed by atoms with Gasteiger partial charge in [-0.3, -0.25) is 0 Å². The fraction of sp³-hybridized carbons (Fsp3) is 0.727. The second kappa shape index (κ2) is 9.33. The third kappa shape index (κ3) is 6.90. The minimum absolute atomic E-state index is 0.111. The van der Waals surface area contributed by atoms with E-state index in [-0.39, 0.29) is 16.2 Å². The van der Waals surface area contributed by atoms with Gasteiger partial charge in [-0.1, -0.05) is 53.7 Å². The Morgan fingerprint density at radius 3 is 1.75 bits per heavy atom. The van der Waals surface area contributed by atoms with Crippen LogP contribution in [0, 0.1) is 0 Å².